The molecule has 3 rings (SSSR count). The van der Waals surface area contributed by atoms with Crippen LogP contribution in [0.15, 0.2) is 48.5 Å². The molecule has 0 spiro atoms. The summed E-state index contributed by atoms with van der Waals surface area (Å²) in [6, 6.07) is 16.3. The molecule has 0 unspecified atom stereocenters. The smallest absolute Gasteiger partial charge is 0.223 e. The summed E-state index contributed by atoms with van der Waals surface area (Å²) in [5, 5.41) is 0. The number of hydrogen-bond donors (Lipinski definition) is 0. The zero-order chi connectivity index (χ0) is 17.6. The quantitative estimate of drug-likeness (QED) is 0.734. The van der Waals surface area contributed by atoms with E-state index in [1.807, 2.05) is 53.4 Å². The van der Waals surface area contributed by atoms with Gasteiger partial charge in [0, 0.05) is 19.0 Å². The number of hydrogen-bond acceptors (Lipinski definition) is 3. The highest BCUT2D eigenvalue weighted by Gasteiger charge is 2.32. The Balaban J connectivity index is 1.60. The van der Waals surface area contributed by atoms with Crippen LogP contribution in [0.1, 0.15) is 30.4 Å². The Labute approximate surface area is 149 Å². The van der Waals surface area contributed by atoms with Gasteiger partial charge in [0.05, 0.1) is 14.2 Å². The Kier molecular flexibility index (Phi) is 5.59. The van der Waals surface area contributed by atoms with Crippen LogP contribution >= 0.6 is 0 Å². The summed E-state index contributed by atoms with van der Waals surface area (Å²) in [7, 11) is 3.32. The average Bonchev–Trinajstić information content (AvgIpc) is 3.50. The summed E-state index contributed by atoms with van der Waals surface area (Å²) in [6.07, 6.45) is 3.49. The number of aryl methyl sites for hydroxylation is 1. The van der Waals surface area contributed by atoms with Crippen LogP contribution < -0.4 is 9.47 Å². The van der Waals surface area contributed by atoms with E-state index < -0.39 is 0 Å². The van der Waals surface area contributed by atoms with E-state index in [-0.39, 0.29) is 5.91 Å². The molecule has 0 radical (unpaired) electrons. The highest BCUT2D eigenvalue weighted by Crippen LogP contribution is 2.29. The zero-order valence-electron chi connectivity index (χ0n) is 14.9. The molecule has 0 bridgehead atoms. The van der Waals surface area contributed by atoms with Crippen molar-refractivity contribution < 1.29 is 14.3 Å². The van der Waals surface area contributed by atoms with E-state index in [0.29, 0.717) is 19.0 Å². The van der Waals surface area contributed by atoms with Gasteiger partial charge in [0.1, 0.15) is 11.5 Å². The molecular weight excluding hydrogens is 314 g/mol. The van der Waals surface area contributed by atoms with Gasteiger partial charge in [0.15, 0.2) is 0 Å². The standard InChI is InChI=1S/C21H25NO3/c1-24-19-11-6-17(7-12-19)15-22(18-9-10-18)21(23)13-8-16-4-3-5-20(14-16)25-2/h3-7,11-12,14,18H,8-10,13,15H2,1-2H3. The van der Waals surface area contributed by atoms with Gasteiger partial charge in [0.2, 0.25) is 5.91 Å². The Morgan fingerprint density at radius 1 is 1.00 bits per heavy atom. The Morgan fingerprint density at radius 3 is 2.36 bits per heavy atom. The van der Waals surface area contributed by atoms with Crippen molar-refractivity contribution in [1.82, 2.24) is 4.90 Å². The number of ether oxygens (including phenoxy) is 2. The van der Waals surface area contributed by atoms with Gasteiger partial charge < -0.3 is 14.4 Å². The third-order valence-corrected chi connectivity index (χ3v) is 4.58. The van der Waals surface area contributed by atoms with E-state index in [1.54, 1.807) is 14.2 Å². The summed E-state index contributed by atoms with van der Waals surface area (Å²) in [4.78, 5) is 14.8. The lowest BCUT2D eigenvalue weighted by Gasteiger charge is -2.23. The molecule has 0 aliphatic heterocycles. The maximum Gasteiger partial charge on any atom is 0.223 e. The molecule has 0 atom stereocenters. The van der Waals surface area contributed by atoms with Crippen LogP contribution in [0.2, 0.25) is 0 Å². The molecule has 25 heavy (non-hydrogen) atoms. The first-order valence-corrected chi connectivity index (χ1v) is 8.75. The Bertz CT molecular complexity index is 707. The molecule has 0 heterocycles. The first-order valence-electron chi connectivity index (χ1n) is 8.75. The minimum Gasteiger partial charge on any atom is -0.497 e. The van der Waals surface area contributed by atoms with Crippen molar-refractivity contribution >= 4 is 5.91 Å². The fourth-order valence-corrected chi connectivity index (χ4v) is 2.96. The third kappa shape index (κ3) is 4.75. The average molecular weight is 339 g/mol. The van der Waals surface area contributed by atoms with Gasteiger partial charge in [-0.25, -0.2) is 0 Å². The molecule has 0 N–H and O–H groups in total. The van der Waals surface area contributed by atoms with E-state index in [1.165, 1.54) is 0 Å². The molecule has 132 valence electrons. The van der Waals surface area contributed by atoms with Crippen molar-refractivity contribution in [2.45, 2.75) is 38.3 Å². The number of carbonyl (C=O) groups is 1. The summed E-state index contributed by atoms with van der Waals surface area (Å²) in [6.45, 7) is 0.672. The Hall–Kier alpha value is -2.49. The lowest BCUT2D eigenvalue weighted by atomic mass is 10.1. The number of benzene rings is 2. The SMILES string of the molecule is COc1ccc(CN(C(=O)CCc2cccc(OC)c2)C2CC2)cc1. The number of carbonyl (C=O) groups excluding carboxylic acids is 1. The van der Waals surface area contributed by atoms with E-state index >= 15 is 0 Å². The van der Waals surface area contributed by atoms with Crippen molar-refractivity contribution in [3.05, 3.63) is 59.7 Å². The molecule has 1 amide bonds. The van der Waals surface area contributed by atoms with Gasteiger partial charge in [-0.2, -0.15) is 0 Å². The molecule has 1 fully saturated rings. The Morgan fingerprint density at radius 2 is 1.72 bits per heavy atom. The molecular formula is C21H25NO3. The summed E-state index contributed by atoms with van der Waals surface area (Å²) < 4.78 is 10.4. The van der Waals surface area contributed by atoms with Crippen LogP contribution in [0.4, 0.5) is 0 Å². The van der Waals surface area contributed by atoms with Gasteiger partial charge in [-0.15, -0.1) is 0 Å². The van der Waals surface area contributed by atoms with Crippen molar-refractivity contribution in [2.24, 2.45) is 0 Å². The van der Waals surface area contributed by atoms with E-state index in [4.69, 9.17) is 9.47 Å². The first-order chi connectivity index (χ1) is 12.2. The number of rotatable bonds is 8. The normalized spacial score (nSPS) is 13.4. The number of methoxy groups -OCH3 is 2. The zero-order valence-corrected chi connectivity index (χ0v) is 14.9. The molecule has 1 saturated carbocycles. The molecule has 1 aliphatic rings. The minimum absolute atomic E-state index is 0.223. The van der Waals surface area contributed by atoms with Crippen LogP contribution in [0.25, 0.3) is 0 Å². The molecule has 4 heteroatoms. The van der Waals surface area contributed by atoms with Crippen molar-refractivity contribution in [1.29, 1.82) is 0 Å². The lowest BCUT2D eigenvalue weighted by molar-refractivity contribution is -0.132. The topological polar surface area (TPSA) is 38.8 Å². The predicted octanol–water partition coefficient (Wildman–Crippen LogP) is 3.83. The maximum absolute atomic E-state index is 12.7. The van der Waals surface area contributed by atoms with Gasteiger partial charge in [-0.1, -0.05) is 24.3 Å². The van der Waals surface area contributed by atoms with E-state index in [2.05, 4.69) is 0 Å². The second-order valence-corrected chi connectivity index (χ2v) is 6.45. The molecule has 0 saturated heterocycles. The predicted molar refractivity (Wildman–Crippen MR) is 97.9 cm³/mol. The van der Waals surface area contributed by atoms with Crippen LogP contribution in [-0.2, 0) is 17.8 Å². The van der Waals surface area contributed by atoms with Crippen molar-refractivity contribution in [2.75, 3.05) is 14.2 Å². The summed E-state index contributed by atoms with van der Waals surface area (Å²) in [5.41, 5.74) is 2.27. The molecule has 2 aromatic rings. The van der Waals surface area contributed by atoms with E-state index in [0.717, 1.165) is 41.9 Å². The highest BCUT2D eigenvalue weighted by atomic mass is 16.5. The second kappa shape index (κ2) is 8.06. The van der Waals surface area contributed by atoms with E-state index in [9.17, 15) is 4.79 Å². The van der Waals surface area contributed by atoms with Crippen molar-refractivity contribution in [3.63, 3.8) is 0 Å². The first kappa shape index (κ1) is 17.3. The van der Waals surface area contributed by atoms with Gasteiger partial charge in [0.25, 0.3) is 0 Å². The fourth-order valence-electron chi connectivity index (χ4n) is 2.96. The van der Waals surface area contributed by atoms with Gasteiger partial charge >= 0.3 is 0 Å². The van der Waals surface area contributed by atoms with Crippen LogP contribution in [0, 0.1) is 0 Å². The highest BCUT2D eigenvalue weighted by molar-refractivity contribution is 5.77. The second-order valence-electron chi connectivity index (χ2n) is 6.45. The maximum atomic E-state index is 12.7. The molecule has 4 nitrogen and oxygen atoms in total. The fraction of sp³-hybridized carbons (Fsp3) is 0.381. The van der Waals surface area contributed by atoms with Gasteiger partial charge in [-0.3, -0.25) is 4.79 Å². The van der Waals surface area contributed by atoms with Gasteiger partial charge in [-0.05, 0) is 54.7 Å². The van der Waals surface area contributed by atoms with Crippen LogP contribution in [-0.4, -0.2) is 31.1 Å². The summed E-state index contributed by atoms with van der Waals surface area (Å²) in [5.74, 6) is 1.90. The van der Waals surface area contributed by atoms with Crippen molar-refractivity contribution in [3.8, 4) is 11.5 Å². The molecule has 0 aromatic heterocycles. The summed E-state index contributed by atoms with van der Waals surface area (Å²) >= 11 is 0. The minimum atomic E-state index is 0.223. The largest absolute Gasteiger partial charge is 0.497 e. The molecule has 1 aliphatic carbocycles. The molecule has 2 aromatic carbocycles. The van der Waals surface area contributed by atoms with Crippen LogP contribution in [0.5, 0.6) is 11.5 Å². The number of nitrogens with zero attached hydrogens (tertiary/aromatic N) is 1. The monoisotopic (exact) mass is 339 g/mol. The van der Waals surface area contributed by atoms with Crippen LogP contribution in [0.3, 0.4) is 0 Å². The number of amides is 1. The third-order valence-electron chi connectivity index (χ3n) is 4.58. The lowest BCUT2D eigenvalue weighted by Crippen LogP contribution is -2.32.